The maximum Gasteiger partial charge on any atom is 0.123 e. The molecule has 0 saturated heterocycles. The van der Waals surface area contributed by atoms with Crippen molar-refractivity contribution < 1.29 is 4.74 Å². The Morgan fingerprint density at radius 1 is 1.50 bits per heavy atom. The predicted molar refractivity (Wildman–Crippen MR) is 41.6 cm³/mol. The van der Waals surface area contributed by atoms with Crippen LogP contribution < -0.4 is 4.74 Å². The van der Waals surface area contributed by atoms with Gasteiger partial charge in [0.15, 0.2) is 0 Å². The first-order valence-electron chi connectivity index (χ1n) is 2.96. The lowest BCUT2D eigenvalue weighted by atomic mass is 10.2. The third-order valence-corrected chi connectivity index (χ3v) is 1.76. The van der Waals surface area contributed by atoms with Crippen LogP contribution in [0.1, 0.15) is 5.56 Å². The molecule has 0 N–H and O–H groups in total. The third-order valence-electron chi connectivity index (χ3n) is 1.37. The molecule has 0 saturated carbocycles. The minimum Gasteiger partial charge on any atom is -0.496 e. The Morgan fingerprint density at radius 3 is 2.70 bits per heavy atom. The lowest BCUT2D eigenvalue weighted by Gasteiger charge is -2.03. The van der Waals surface area contributed by atoms with Crippen molar-refractivity contribution in [2.24, 2.45) is 0 Å². The molecule has 0 bridgehead atoms. The van der Waals surface area contributed by atoms with Gasteiger partial charge in [0.25, 0.3) is 0 Å². The molecule has 0 fully saturated rings. The highest BCUT2D eigenvalue weighted by atomic mass is 35.5. The monoisotopic (exact) mass is 155 g/mol. The van der Waals surface area contributed by atoms with Crippen LogP contribution in [0, 0.1) is 13.0 Å². The smallest absolute Gasteiger partial charge is 0.123 e. The fourth-order valence-corrected chi connectivity index (χ4v) is 0.893. The van der Waals surface area contributed by atoms with Gasteiger partial charge < -0.3 is 4.74 Å². The number of hydrogen-bond acceptors (Lipinski definition) is 1. The fourth-order valence-electron chi connectivity index (χ4n) is 0.737. The van der Waals surface area contributed by atoms with E-state index >= 15 is 0 Å². The first-order valence-corrected chi connectivity index (χ1v) is 3.33. The highest BCUT2D eigenvalue weighted by molar-refractivity contribution is 6.31. The number of benzene rings is 1. The fraction of sp³-hybridized carbons (Fsp3) is 0.250. The van der Waals surface area contributed by atoms with E-state index in [-0.39, 0.29) is 0 Å². The molecule has 53 valence electrons. The molecule has 1 aromatic carbocycles. The Balaban J connectivity index is 3.14. The maximum absolute atomic E-state index is 5.78. The summed E-state index contributed by atoms with van der Waals surface area (Å²) in [4.78, 5) is 0. The van der Waals surface area contributed by atoms with Gasteiger partial charge in [-0.1, -0.05) is 11.6 Å². The van der Waals surface area contributed by atoms with E-state index in [1.54, 1.807) is 19.2 Å². The molecule has 0 atom stereocenters. The third kappa shape index (κ3) is 1.24. The van der Waals surface area contributed by atoms with Gasteiger partial charge in [-0.3, -0.25) is 0 Å². The highest BCUT2D eigenvalue weighted by Gasteiger charge is 1.99. The zero-order valence-electron chi connectivity index (χ0n) is 5.94. The van der Waals surface area contributed by atoms with Crippen LogP contribution in [0.2, 0.25) is 5.02 Å². The van der Waals surface area contributed by atoms with Gasteiger partial charge in [0, 0.05) is 10.6 Å². The van der Waals surface area contributed by atoms with Crippen LogP contribution in [0.3, 0.4) is 0 Å². The van der Waals surface area contributed by atoms with E-state index in [1.165, 1.54) is 0 Å². The summed E-state index contributed by atoms with van der Waals surface area (Å²) in [6.07, 6.45) is 0. The summed E-state index contributed by atoms with van der Waals surface area (Å²) in [7, 11) is 1.62. The van der Waals surface area contributed by atoms with Crippen LogP contribution in [0.15, 0.2) is 12.1 Å². The van der Waals surface area contributed by atoms with Crippen LogP contribution in [-0.4, -0.2) is 7.11 Å². The van der Waals surface area contributed by atoms with Gasteiger partial charge in [0.1, 0.15) is 5.75 Å². The van der Waals surface area contributed by atoms with Crippen molar-refractivity contribution in [2.45, 2.75) is 6.92 Å². The average molecular weight is 156 g/mol. The molecule has 0 aromatic heterocycles. The Bertz CT molecular complexity index is 233. The van der Waals surface area contributed by atoms with Crippen molar-refractivity contribution in [1.29, 1.82) is 0 Å². The molecule has 1 aromatic rings. The van der Waals surface area contributed by atoms with Crippen molar-refractivity contribution in [3.05, 3.63) is 28.8 Å². The lowest BCUT2D eigenvalue weighted by molar-refractivity contribution is 0.411. The molecule has 0 heterocycles. The number of ether oxygens (including phenoxy) is 1. The molecule has 0 aliphatic carbocycles. The zero-order chi connectivity index (χ0) is 7.56. The molecule has 1 rings (SSSR count). The van der Waals surface area contributed by atoms with Crippen molar-refractivity contribution in [3.63, 3.8) is 0 Å². The van der Waals surface area contributed by atoms with Gasteiger partial charge in [0.2, 0.25) is 0 Å². The van der Waals surface area contributed by atoms with Crippen LogP contribution in [0.25, 0.3) is 0 Å². The van der Waals surface area contributed by atoms with Gasteiger partial charge in [-0.15, -0.1) is 0 Å². The van der Waals surface area contributed by atoms with Crippen molar-refractivity contribution in [3.8, 4) is 5.75 Å². The quantitative estimate of drug-likeness (QED) is 0.606. The van der Waals surface area contributed by atoms with Gasteiger partial charge >= 0.3 is 0 Å². The maximum atomic E-state index is 5.78. The summed E-state index contributed by atoms with van der Waals surface area (Å²) >= 11 is 5.78. The Labute approximate surface area is 65.6 Å². The molecule has 1 radical (unpaired) electrons. The molecule has 0 aliphatic heterocycles. The van der Waals surface area contributed by atoms with E-state index in [4.69, 9.17) is 16.3 Å². The number of rotatable bonds is 1. The largest absolute Gasteiger partial charge is 0.496 e. The molecule has 1 nitrogen and oxygen atoms in total. The SMILES string of the molecule is COc1c[c]cc(Cl)c1C. The van der Waals surface area contributed by atoms with Gasteiger partial charge in [-0.05, 0) is 25.1 Å². The summed E-state index contributed by atoms with van der Waals surface area (Å²) < 4.78 is 5.01. The first kappa shape index (κ1) is 7.42. The Morgan fingerprint density at radius 2 is 2.20 bits per heavy atom. The zero-order valence-corrected chi connectivity index (χ0v) is 6.70. The minimum absolute atomic E-state index is 0.694. The summed E-state index contributed by atoms with van der Waals surface area (Å²) in [5.41, 5.74) is 0.961. The van der Waals surface area contributed by atoms with Crippen molar-refractivity contribution in [1.82, 2.24) is 0 Å². The Kier molecular flexibility index (Phi) is 2.17. The van der Waals surface area contributed by atoms with E-state index in [0.717, 1.165) is 11.3 Å². The molecule has 0 aliphatic rings. The average Bonchev–Trinajstić information content (AvgIpc) is 1.95. The molecule has 10 heavy (non-hydrogen) atoms. The van der Waals surface area contributed by atoms with Gasteiger partial charge in [-0.25, -0.2) is 0 Å². The van der Waals surface area contributed by atoms with E-state index in [0.29, 0.717) is 5.02 Å². The minimum atomic E-state index is 0.694. The highest BCUT2D eigenvalue weighted by Crippen LogP contribution is 2.23. The normalized spacial score (nSPS) is 9.50. The van der Waals surface area contributed by atoms with Crippen LogP contribution in [0.5, 0.6) is 5.75 Å². The first-order chi connectivity index (χ1) is 4.75. The summed E-state index contributed by atoms with van der Waals surface area (Å²) in [5.74, 6) is 0.785. The second kappa shape index (κ2) is 2.93. The van der Waals surface area contributed by atoms with Crippen LogP contribution in [0.4, 0.5) is 0 Å². The standard InChI is InChI=1S/C8H8ClO/c1-6-7(9)4-3-5-8(6)10-2/h4-5H,1-2H3. The predicted octanol–water partition coefficient (Wildman–Crippen LogP) is 2.46. The molecular weight excluding hydrogens is 148 g/mol. The second-order valence-electron chi connectivity index (χ2n) is 2.00. The summed E-state index contributed by atoms with van der Waals surface area (Å²) in [6.45, 7) is 1.91. The molecule has 0 unspecified atom stereocenters. The van der Waals surface area contributed by atoms with E-state index < -0.39 is 0 Å². The van der Waals surface area contributed by atoms with Crippen LogP contribution in [-0.2, 0) is 0 Å². The topological polar surface area (TPSA) is 9.23 Å². The van der Waals surface area contributed by atoms with E-state index in [2.05, 4.69) is 6.07 Å². The number of halogens is 1. The van der Waals surface area contributed by atoms with Crippen molar-refractivity contribution in [2.75, 3.05) is 7.11 Å². The van der Waals surface area contributed by atoms with Crippen molar-refractivity contribution >= 4 is 11.6 Å². The van der Waals surface area contributed by atoms with Crippen LogP contribution >= 0.6 is 11.6 Å². The second-order valence-corrected chi connectivity index (χ2v) is 2.40. The number of methoxy groups -OCH3 is 1. The summed E-state index contributed by atoms with van der Waals surface area (Å²) in [5, 5.41) is 0.694. The van der Waals surface area contributed by atoms with Gasteiger partial charge in [-0.2, -0.15) is 0 Å². The summed E-state index contributed by atoms with van der Waals surface area (Å²) in [6, 6.07) is 6.35. The molecular formula is C8H8ClO. The number of hydrogen-bond donors (Lipinski definition) is 0. The molecule has 0 amide bonds. The Hall–Kier alpha value is -0.690. The van der Waals surface area contributed by atoms with E-state index in [1.807, 2.05) is 6.92 Å². The molecule has 0 spiro atoms. The molecule has 2 heteroatoms. The van der Waals surface area contributed by atoms with E-state index in [9.17, 15) is 0 Å². The lowest BCUT2D eigenvalue weighted by Crippen LogP contribution is -1.86. The van der Waals surface area contributed by atoms with Gasteiger partial charge in [0.05, 0.1) is 7.11 Å².